The molecular formula is C38H23N3S. The van der Waals surface area contributed by atoms with Crippen LogP contribution in [0.2, 0.25) is 0 Å². The summed E-state index contributed by atoms with van der Waals surface area (Å²) in [5.41, 5.74) is 7.50. The molecule has 6 aromatic carbocycles. The van der Waals surface area contributed by atoms with Crippen molar-refractivity contribution in [2.75, 3.05) is 0 Å². The Balaban J connectivity index is 1.38. The van der Waals surface area contributed by atoms with Crippen LogP contribution in [0.25, 0.3) is 81.2 Å². The molecule has 0 aliphatic carbocycles. The third kappa shape index (κ3) is 3.52. The molecule has 3 nitrogen and oxygen atoms in total. The molecule has 9 rings (SSSR count). The molecule has 0 saturated heterocycles. The van der Waals surface area contributed by atoms with Crippen LogP contribution in [-0.2, 0) is 0 Å². The van der Waals surface area contributed by atoms with Crippen molar-refractivity contribution in [3.8, 4) is 28.2 Å². The van der Waals surface area contributed by atoms with Crippen molar-refractivity contribution >= 4 is 64.3 Å². The molecule has 0 aliphatic rings. The lowest BCUT2D eigenvalue weighted by Crippen LogP contribution is -2.03. The fraction of sp³-hybridized carbons (Fsp3) is 0. The summed E-state index contributed by atoms with van der Waals surface area (Å²) in [6.45, 7) is 0. The molecule has 0 saturated carbocycles. The molecule has 3 aromatic heterocycles. The minimum atomic E-state index is 0.847. The van der Waals surface area contributed by atoms with E-state index in [9.17, 15) is 0 Å². The summed E-state index contributed by atoms with van der Waals surface area (Å²) < 4.78 is 3.51. The monoisotopic (exact) mass is 553 g/mol. The Morgan fingerprint density at radius 3 is 1.95 bits per heavy atom. The van der Waals surface area contributed by atoms with Crippen molar-refractivity contribution in [1.82, 2.24) is 14.5 Å². The minimum absolute atomic E-state index is 0.847. The fourth-order valence-corrected chi connectivity index (χ4v) is 7.22. The summed E-state index contributed by atoms with van der Waals surface area (Å²) in [7, 11) is 0. The van der Waals surface area contributed by atoms with E-state index in [1.165, 1.54) is 37.4 Å². The molecule has 0 unspecified atom stereocenters. The first-order valence-electron chi connectivity index (χ1n) is 14.1. The molecule has 0 spiro atoms. The number of fused-ring (bicyclic) bond motifs is 7. The van der Waals surface area contributed by atoms with E-state index in [1.54, 1.807) is 11.3 Å². The van der Waals surface area contributed by atoms with Gasteiger partial charge in [-0.2, -0.15) is 0 Å². The highest BCUT2D eigenvalue weighted by Crippen LogP contribution is 2.40. The largest absolute Gasteiger partial charge is 0.292 e. The summed E-state index contributed by atoms with van der Waals surface area (Å²) in [5.74, 6) is 0.847. The smallest absolute Gasteiger partial charge is 0.165 e. The first-order valence-corrected chi connectivity index (χ1v) is 14.9. The summed E-state index contributed by atoms with van der Waals surface area (Å²) in [5, 5.41) is 6.00. The predicted molar refractivity (Wildman–Crippen MR) is 178 cm³/mol. The number of para-hydroxylation sites is 1. The second-order valence-electron chi connectivity index (χ2n) is 10.7. The summed E-state index contributed by atoms with van der Waals surface area (Å²) in [6, 6.07) is 49.5. The number of benzene rings is 6. The Hall–Kier alpha value is -5.32. The molecule has 0 fully saturated rings. The highest BCUT2D eigenvalue weighted by Gasteiger charge is 2.21. The molecule has 0 bridgehead atoms. The quantitative estimate of drug-likeness (QED) is 0.218. The maximum Gasteiger partial charge on any atom is 0.165 e. The van der Waals surface area contributed by atoms with Gasteiger partial charge in [0.1, 0.15) is 16.0 Å². The Kier molecular flexibility index (Phi) is 5.07. The van der Waals surface area contributed by atoms with Gasteiger partial charge in [0.2, 0.25) is 0 Å². The van der Waals surface area contributed by atoms with Gasteiger partial charge in [-0.05, 0) is 46.2 Å². The van der Waals surface area contributed by atoms with Gasteiger partial charge in [0.25, 0.3) is 0 Å². The molecule has 3 heterocycles. The van der Waals surface area contributed by atoms with Crippen molar-refractivity contribution < 1.29 is 0 Å². The van der Waals surface area contributed by atoms with Crippen molar-refractivity contribution in [3.63, 3.8) is 0 Å². The van der Waals surface area contributed by atoms with Crippen molar-refractivity contribution in [2.24, 2.45) is 0 Å². The van der Waals surface area contributed by atoms with Gasteiger partial charge >= 0.3 is 0 Å². The number of hydrogen-bond acceptors (Lipinski definition) is 3. The van der Waals surface area contributed by atoms with Gasteiger partial charge in [0.05, 0.1) is 11.0 Å². The average Bonchev–Trinajstić information content (AvgIpc) is 3.58. The molecule has 42 heavy (non-hydrogen) atoms. The average molecular weight is 554 g/mol. The number of aromatic nitrogens is 3. The summed E-state index contributed by atoms with van der Waals surface area (Å²) in [6.07, 6.45) is 0. The first-order chi connectivity index (χ1) is 20.8. The van der Waals surface area contributed by atoms with Crippen molar-refractivity contribution in [1.29, 1.82) is 0 Å². The van der Waals surface area contributed by atoms with E-state index in [0.717, 1.165) is 43.8 Å². The van der Waals surface area contributed by atoms with E-state index in [0.29, 0.717) is 0 Å². The molecule has 0 amide bonds. The van der Waals surface area contributed by atoms with Gasteiger partial charge in [0.15, 0.2) is 5.82 Å². The van der Waals surface area contributed by atoms with E-state index in [2.05, 4.69) is 144 Å². The van der Waals surface area contributed by atoms with Crippen LogP contribution in [0.1, 0.15) is 0 Å². The van der Waals surface area contributed by atoms with Gasteiger partial charge < -0.3 is 0 Å². The second kappa shape index (κ2) is 9.10. The van der Waals surface area contributed by atoms with E-state index >= 15 is 0 Å². The molecular weight excluding hydrogens is 531 g/mol. The Bertz CT molecular complexity index is 2450. The zero-order chi connectivity index (χ0) is 27.6. The maximum absolute atomic E-state index is 5.45. The number of thiophene rings is 1. The minimum Gasteiger partial charge on any atom is -0.292 e. The van der Waals surface area contributed by atoms with Gasteiger partial charge in [-0.15, -0.1) is 11.3 Å². The van der Waals surface area contributed by atoms with Crippen molar-refractivity contribution in [2.45, 2.75) is 0 Å². The normalized spacial score (nSPS) is 11.8. The lowest BCUT2D eigenvalue weighted by atomic mass is 10.0. The predicted octanol–water partition coefficient (Wildman–Crippen LogP) is 10.4. The van der Waals surface area contributed by atoms with Gasteiger partial charge in [-0.25, -0.2) is 9.97 Å². The Labute approximate surface area is 246 Å². The van der Waals surface area contributed by atoms with Crippen LogP contribution in [0.4, 0.5) is 0 Å². The first kappa shape index (κ1) is 23.4. The second-order valence-corrected chi connectivity index (χ2v) is 11.7. The fourth-order valence-electron chi connectivity index (χ4n) is 6.20. The van der Waals surface area contributed by atoms with Crippen LogP contribution in [0.3, 0.4) is 0 Å². The lowest BCUT2D eigenvalue weighted by Gasteiger charge is -2.13. The number of rotatable bonds is 3. The zero-order valence-corrected chi connectivity index (χ0v) is 23.3. The molecule has 9 aromatic rings. The third-order valence-electron chi connectivity index (χ3n) is 8.21. The van der Waals surface area contributed by atoms with Crippen LogP contribution in [-0.4, -0.2) is 14.5 Å². The molecule has 0 N–H and O–H groups in total. The van der Waals surface area contributed by atoms with E-state index in [-0.39, 0.29) is 0 Å². The SMILES string of the molecule is c1ccc(-c2ccc(-c3nc4sc5ccccc5c4nc3-n3c4ccccc4c4cc5ccccc5cc43)cc2)cc1. The van der Waals surface area contributed by atoms with Gasteiger partial charge in [-0.1, -0.05) is 115 Å². The Morgan fingerprint density at radius 1 is 0.476 bits per heavy atom. The lowest BCUT2D eigenvalue weighted by molar-refractivity contribution is 1.09. The van der Waals surface area contributed by atoms with Gasteiger partial charge in [-0.3, -0.25) is 4.57 Å². The standard InChI is InChI=1S/C38H23N3S/c1-2-10-24(11-3-1)25-18-20-26(21-19-25)35-37(39-36-30-15-7-9-17-34(30)42-38(36)40-35)41-32-16-8-6-14-29(32)31-22-27-12-4-5-13-28(27)23-33(31)41/h1-23H. The molecule has 0 aliphatic heterocycles. The van der Waals surface area contributed by atoms with E-state index < -0.39 is 0 Å². The van der Waals surface area contributed by atoms with Gasteiger partial charge in [0, 0.05) is 26.4 Å². The number of hydrogen-bond donors (Lipinski definition) is 0. The number of nitrogens with zero attached hydrogens (tertiary/aromatic N) is 3. The highest BCUT2D eigenvalue weighted by atomic mass is 32.1. The molecule has 0 radical (unpaired) electrons. The van der Waals surface area contributed by atoms with Crippen LogP contribution in [0.5, 0.6) is 0 Å². The van der Waals surface area contributed by atoms with Crippen LogP contribution >= 0.6 is 11.3 Å². The topological polar surface area (TPSA) is 30.7 Å². The highest BCUT2D eigenvalue weighted by molar-refractivity contribution is 7.25. The molecule has 4 heteroatoms. The third-order valence-corrected chi connectivity index (χ3v) is 9.27. The van der Waals surface area contributed by atoms with Crippen LogP contribution in [0, 0.1) is 0 Å². The summed E-state index contributed by atoms with van der Waals surface area (Å²) in [4.78, 5) is 11.8. The molecule has 196 valence electrons. The maximum atomic E-state index is 5.45. The van der Waals surface area contributed by atoms with Crippen LogP contribution in [0.15, 0.2) is 140 Å². The van der Waals surface area contributed by atoms with E-state index in [1.807, 2.05) is 0 Å². The summed E-state index contributed by atoms with van der Waals surface area (Å²) >= 11 is 1.70. The van der Waals surface area contributed by atoms with Crippen LogP contribution < -0.4 is 0 Å². The van der Waals surface area contributed by atoms with Crippen molar-refractivity contribution in [3.05, 3.63) is 140 Å². The van der Waals surface area contributed by atoms with E-state index in [4.69, 9.17) is 9.97 Å². The Morgan fingerprint density at radius 2 is 1.12 bits per heavy atom. The molecule has 0 atom stereocenters. The zero-order valence-electron chi connectivity index (χ0n) is 22.5.